The topological polar surface area (TPSA) is 76.7 Å². The van der Waals surface area contributed by atoms with Gasteiger partial charge in [0.2, 0.25) is 0 Å². The number of fused-ring (bicyclic) bond motifs is 1. The lowest BCUT2D eigenvalue weighted by molar-refractivity contribution is -0.145. The molecule has 25 heavy (non-hydrogen) atoms. The molecule has 1 aliphatic heterocycles. The summed E-state index contributed by atoms with van der Waals surface area (Å²) in [5.41, 5.74) is 1.04. The minimum absolute atomic E-state index is 0.302. The van der Waals surface area contributed by atoms with E-state index in [2.05, 4.69) is 17.2 Å². The summed E-state index contributed by atoms with van der Waals surface area (Å²) in [4.78, 5) is 24.4. The Morgan fingerprint density at radius 3 is 2.72 bits per heavy atom. The Balaban J connectivity index is 2.23. The van der Waals surface area contributed by atoms with E-state index in [1.54, 1.807) is 0 Å². The zero-order valence-corrected chi connectivity index (χ0v) is 14.2. The monoisotopic (exact) mass is 340 g/mol. The van der Waals surface area contributed by atoms with Gasteiger partial charge >= 0.3 is 12.0 Å². The summed E-state index contributed by atoms with van der Waals surface area (Å²) >= 11 is 0. The molecule has 0 aliphatic carbocycles. The smallest absolute Gasteiger partial charge is 0.319 e. The lowest BCUT2D eigenvalue weighted by Gasteiger charge is -2.34. The number of amides is 2. The molecule has 2 aromatic carbocycles. The summed E-state index contributed by atoms with van der Waals surface area (Å²) in [5, 5.41) is 7.28. The molecule has 2 N–H and O–H groups in total. The number of methoxy groups -OCH3 is 1. The first-order chi connectivity index (χ1) is 12.1. The molecule has 0 spiro atoms. The molecule has 2 atom stereocenters. The summed E-state index contributed by atoms with van der Waals surface area (Å²) in [6, 6.07) is 10.5. The number of urea groups is 1. The summed E-state index contributed by atoms with van der Waals surface area (Å²) in [6.45, 7) is 6.18. The first-order valence-corrected chi connectivity index (χ1v) is 8.05. The highest BCUT2D eigenvalue weighted by Crippen LogP contribution is 2.40. The third kappa shape index (κ3) is 3.03. The van der Waals surface area contributed by atoms with E-state index >= 15 is 0 Å². The minimum Gasteiger partial charge on any atom is -0.493 e. The lowest BCUT2D eigenvalue weighted by atomic mass is 9.86. The van der Waals surface area contributed by atoms with Gasteiger partial charge in [0.15, 0.2) is 0 Å². The predicted molar refractivity (Wildman–Crippen MR) is 94.2 cm³/mol. The number of carbonyl (C=O) groups excluding carboxylic acids is 2. The maximum atomic E-state index is 12.4. The Bertz CT molecular complexity index is 846. The second kappa shape index (κ2) is 6.84. The van der Waals surface area contributed by atoms with Gasteiger partial charge in [0.25, 0.3) is 0 Å². The molecule has 0 bridgehead atoms. The third-order valence-corrected chi connectivity index (χ3v) is 4.27. The van der Waals surface area contributed by atoms with Gasteiger partial charge in [-0.2, -0.15) is 0 Å². The van der Waals surface area contributed by atoms with Crippen LogP contribution < -0.4 is 15.4 Å². The van der Waals surface area contributed by atoms with Crippen molar-refractivity contribution in [1.82, 2.24) is 10.6 Å². The summed E-state index contributed by atoms with van der Waals surface area (Å²) in [7, 11) is 1.32. The van der Waals surface area contributed by atoms with E-state index in [0.29, 0.717) is 18.1 Å². The molecule has 1 fully saturated rings. The van der Waals surface area contributed by atoms with Crippen molar-refractivity contribution in [1.29, 1.82) is 0 Å². The standard InChI is InChI=1S/C19H20N2O4/c1-4-25-14-10-9-12-7-5-6-8-13(12)16(14)17-15(18(22)24-3)11(2)20-19(23)21-17/h5-10,15,17H,2,4H2,1,3H3,(H2,20,21,23)/t15-,17-/m1/s1. The van der Waals surface area contributed by atoms with E-state index in [4.69, 9.17) is 9.47 Å². The number of hydrogen-bond donors (Lipinski definition) is 2. The number of hydrogen-bond acceptors (Lipinski definition) is 4. The first-order valence-electron chi connectivity index (χ1n) is 8.05. The van der Waals surface area contributed by atoms with Gasteiger partial charge in [0.1, 0.15) is 11.7 Å². The average Bonchev–Trinajstić information content (AvgIpc) is 2.60. The zero-order valence-electron chi connectivity index (χ0n) is 14.2. The Morgan fingerprint density at radius 2 is 2.00 bits per heavy atom. The molecule has 3 rings (SSSR count). The normalized spacial score (nSPS) is 19.9. The second-order valence-electron chi connectivity index (χ2n) is 5.73. The van der Waals surface area contributed by atoms with Gasteiger partial charge in [0, 0.05) is 11.3 Å². The van der Waals surface area contributed by atoms with Crippen LogP contribution in [0, 0.1) is 5.92 Å². The highest BCUT2D eigenvalue weighted by molar-refractivity contribution is 5.92. The molecule has 0 unspecified atom stereocenters. The molecule has 1 saturated heterocycles. The van der Waals surface area contributed by atoms with Crippen LogP contribution in [0.1, 0.15) is 18.5 Å². The van der Waals surface area contributed by atoms with Crippen LogP contribution in [-0.4, -0.2) is 25.7 Å². The fourth-order valence-electron chi connectivity index (χ4n) is 3.21. The maximum Gasteiger partial charge on any atom is 0.319 e. The molecule has 0 aromatic heterocycles. The van der Waals surface area contributed by atoms with Crippen LogP contribution in [-0.2, 0) is 9.53 Å². The Labute approximate surface area is 145 Å². The van der Waals surface area contributed by atoms with Crippen LogP contribution in [0.3, 0.4) is 0 Å². The maximum absolute atomic E-state index is 12.4. The predicted octanol–water partition coefficient (Wildman–Crippen LogP) is 2.90. The molecule has 1 heterocycles. The van der Waals surface area contributed by atoms with Gasteiger partial charge in [-0.05, 0) is 23.8 Å². The van der Waals surface area contributed by atoms with E-state index in [9.17, 15) is 9.59 Å². The number of carbonyl (C=O) groups is 2. The largest absolute Gasteiger partial charge is 0.493 e. The second-order valence-corrected chi connectivity index (χ2v) is 5.73. The molecule has 0 radical (unpaired) electrons. The molecule has 6 heteroatoms. The molecule has 0 saturated carbocycles. The number of nitrogens with one attached hydrogen (secondary N) is 2. The number of rotatable bonds is 4. The van der Waals surface area contributed by atoms with Gasteiger partial charge in [-0.15, -0.1) is 0 Å². The van der Waals surface area contributed by atoms with Gasteiger partial charge in [-0.25, -0.2) is 4.79 Å². The Morgan fingerprint density at radius 1 is 1.24 bits per heavy atom. The SMILES string of the molecule is C=C1NC(=O)N[C@@H](c2c(OCC)ccc3ccccc23)[C@@H]1C(=O)OC. The van der Waals surface area contributed by atoms with Gasteiger partial charge < -0.3 is 20.1 Å². The molecule has 6 nitrogen and oxygen atoms in total. The van der Waals surface area contributed by atoms with Crippen LogP contribution in [0.4, 0.5) is 4.79 Å². The Kier molecular flexibility index (Phi) is 4.61. The van der Waals surface area contributed by atoms with Gasteiger partial charge in [0.05, 0.1) is 19.8 Å². The summed E-state index contributed by atoms with van der Waals surface area (Å²) < 4.78 is 10.7. The molecule has 2 aromatic rings. The first kappa shape index (κ1) is 16.8. The highest BCUT2D eigenvalue weighted by Gasteiger charge is 2.40. The van der Waals surface area contributed by atoms with E-state index in [1.165, 1.54) is 7.11 Å². The van der Waals surface area contributed by atoms with Crippen LogP contribution in [0.2, 0.25) is 0 Å². The number of esters is 1. The van der Waals surface area contributed by atoms with Crippen molar-refractivity contribution in [2.45, 2.75) is 13.0 Å². The van der Waals surface area contributed by atoms with E-state index in [-0.39, 0.29) is 0 Å². The average molecular weight is 340 g/mol. The molecular weight excluding hydrogens is 320 g/mol. The third-order valence-electron chi connectivity index (χ3n) is 4.27. The zero-order chi connectivity index (χ0) is 18.0. The highest BCUT2D eigenvalue weighted by atomic mass is 16.5. The van der Waals surface area contributed by atoms with Crippen LogP contribution in [0.5, 0.6) is 5.75 Å². The fourth-order valence-corrected chi connectivity index (χ4v) is 3.21. The van der Waals surface area contributed by atoms with E-state index in [1.807, 2.05) is 43.3 Å². The minimum atomic E-state index is -0.757. The fraction of sp³-hybridized carbons (Fsp3) is 0.263. The summed E-state index contributed by atoms with van der Waals surface area (Å²) in [5.74, 6) is -0.610. The van der Waals surface area contributed by atoms with Crippen molar-refractivity contribution in [2.24, 2.45) is 5.92 Å². The molecule has 1 aliphatic rings. The van der Waals surface area contributed by atoms with Crippen molar-refractivity contribution in [3.05, 3.63) is 54.2 Å². The summed E-state index contributed by atoms with van der Waals surface area (Å²) in [6.07, 6.45) is 0. The van der Waals surface area contributed by atoms with Crippen molar-refractivity contribution in [3.8, 4) is 5.75 Å². The van der Waals surface area contributed by atoms with Crippen molar-refractivity contribution in [2.75, 3.05) is 13.7 Å². The Hall–Kier alpha value is -3.02. The molecule has 130 valence electrons. The van der Waals surface area contributed by atoms with Crippen molar-refractivity contribution >= 4 is 22.8 Å². The number of ether oxygens (including phenoxy) is 2. The quantitative estimate of drug-likeness (QED) is 0.839. The van der Waals surface area contributed by atoms with Gasteiger partial charge in [-0.1, -0.05) is 36.9 Å². The van der Waals surface area contributed by atoms with E-state index in [0.717, 1.165) is 16.3 Å². The molecular formula is C19H20N2O4. The lowest BCUT2D eigenvalue weighted by Crippen LogP contribution is -2.51. The van der Waals surface area contributed by atoms with Crippen molar-refractivity contribution < 1.29 is 19.1 Å². The van der Waals surface area contributed by atoms with Gasteiger partial charge in [-0.3, -0.25) is 4.79 Å². The van der Waals surface area contributed by atoms with Crippen LogP contribution in [0.15, 0.2) is 48.7 Å². The molecule has 2 amide bonds. The van der Waals surface area contributed by atoms with E-state index < -0.39 is 24.0 Å². The van der Waals surface area contributed by atoms with Crippen molar-refractivity contribution in [3.63, 3.8) is 0 Å². The number of benzene rings is 2. The van der Waals surface area contributed by atoms with Crippen LogP contribution >= 0.6 is 0 Å². The van der Waals surface area contributed by atoms with Crippen LogP contribution in [0.25, 0.3) is 10.8 Å².